The maximum absolute atomic E-state index is 12.2. The predicted octanol–water partition coefficient (Wildman–Crippen LogP) is 0.932. The van der Waals surface area contributed by atoms with Crippen molar-refractivity contribution in [2.45, 2.75) is 25.3 Å². The van der Waals surface area contributed by atoms with Gasteiger partial charge in [-0.3, -0.25) is 9.59 Å². The van der Waals surface area contributed by atoms with Crippen molar-refractivity contribution in [2.24, 2.45) is 0 Å². The highest BCUT2D eigenvalue weighted by atomic mass is 32.1. The summed E-state index contributed by atoms with van der Waals surface area (Å²) in [4.78, 5) is 34.8. The summed E-state index contributed by atoms with van der Waals surface area (Å²) in [6, 6.07) is 0.00483. The van der Waals surface area contributed by atoms with E-state index >= 15 is 0 Å². The first-order chi connectivity index (χ1) is 10.2. The topological polar surface area (TPSA) is 99.8 Å². The van der Waals surface area contributed by atoms with Crippen LogP contribution in [0, 0.1) is 0 Å². The first-order valence-electron chi connectivity index (χ1n) is 6.75. The molecule has 0 radical (unpaired) electrons. The zero-order valence-corrected chi connectivity index (χ0v) is 12.1. The van der Waals surface area contributed by atoms with Crippen molar-refractivity contribution in [1.82, 2.24) is 25.6 Å². The number of rotatable bonds is 3. The minimum atomic E-state index is -0.205. The number of hydrogen-bond acceptors (Lipinski definition) is 5. The summed E-state index contributed by atoms with van der Waals surface area (Å²) in [5.41, 5.74) is 0.384. The molecule has 0 aliphatic carbocycles. The number of nitrogens with one attached hydrogen (secondary N) is 3. The summed E-state index contributed by atoms with van der Waals surface area (Å²) in [7, 11) is 0. The maximum Gasteiger partial charge on any atom is 0.270 e. The molecule has 1 saturated heterocycles. The number of aromatic amines is 1. The van der Waals surface area contributed by atoms with Crippen LogP contribution in [0.15, 0.2) is 17.8 Å². The van der Waals surface area contributed by atoms with Crippen LogP contribution < -0.4 is 10.6 Å². The van der Waals surface area contributed by atoms with Gasteiger partial charge < -0.3 is 15.6 Å². The van der Waals surface area contributed by atoms with Gasteiger partial charge in [0.05, 0.1) is 0 Å². The number of imidazole rings is 1. The largest absolute Gasteiger partial charge is 0.356 e. The van der Waals surface area contributed by atoms with Crippen molar-refractivity contribution >= 4 is 23.2 Å². The van der Waals surface area contributed by atoms with Crippen LogP contribution in [-0.2, 0) is 4.79 Å². The smallest absolute Gasteiger partial charge is 0.270 e. The zero-order valence-electron chi connectivity index (χ0n) is 11.3. The second-order valence-corrected chi connectivity index (χ2v) is 5.68. The number of carbonyl (C=O) groups excluding carboxylic acids is 2. The summed E-state index contributed by atoms with van der Waals surface area (Å²) in [5, 5.41) is 8.13. The van der Waals surface area contributed by atoms with E-state index in [-0.39, 0.29) is 17.9 Å². The number of amides is 2. The Bertz CT molecular complexity index is 637. The quantitative estimate of drug-likeness (QED) is 0.785. The molecule has 1 aliphatic heterocycles. The van der Waals surface area contributed by atoms with Gasteiger partial charge in [0.15, 0.2) is 10.8 Å². The molecular weight excluding hydrogens is 290 g/mol. The molecule has 0 aromatic carbocycles. The summed E-state index contributed by atoms with van der Waals surface area (Å²) in [6.45, 7) is 0.596. The van der Waals surface area contributed by atoms with E-state index in [1.54, 1.807) is 17.8 Å². The second kappa shape index (κ2) is 6.04. The number of H-pyrrole nitrogens is 1. The van der Waals surface area contributed by atoms with Crippen LogP contribution in [0.3, 0.4) is 0 Å². The van der Waals surface area contributed by atoms with Gasteiger partial charge in [0.1, 0.15) is 5.69 Å². The molecule has 3 heterocycles. The lowest BCUT2D eigenvalue weighted by molar-refractivity contribution is -0.120. The molecular formula is C13H15N5O2S. The monoisotopic (exact) mass is 305 g/mol. The van der Waals surface area contributed by atoms with Crippen molar-refractivity contribution in [3.63, 3.8) is 0 Å². The van der Waals surface area contributed by atoms with E-state index < -0.39 is 0 Å². The lowest BCUT2D eigenvalue weighted by Crippen LogP contribution is -2.35. The Balaban J connectivity index is 1.64. The third kappa shape index (κ3) is 3.27. The van der Waals surface area contributed by atoms with Crippen LogP contribution in [0.2, 0.25) is 0 Å². The first-order valence-corrected chi connectivity index (χ1v) is 7.63. The number of aromatic nitrogens is 3. The molecule has 0 saturated carbocycles. The van der Waals surface area contributed by atoms with Gasteiger partial charge in [0, 0.05) is 36.8 Å². The van der Waals surface area contributed by atoms with Gasteiger partial charge in [-0.2, -0.15) is 0 Å². The molecule has 1 unspecified atom stereocenters. The van der Waals surface area contributed by atoms with Crippen LogP contribution >= 0.6 is 11.3 Å². The Kier molecular flexibility index (Phi) is 3.96. The first kappa shape index (κ1) is 13.7. The fourth-order valence-corrected chi connectivity index (χ4v) is 2.95. The van der Waals surface area contributed by atoms with Crippen LogP contribution in [0.4, 0.5) is 0 Å². The molecule has 2 aromatic rings. The molecule has 2 amide bonds. The molecule has 1 fully saturated rings. The van der Waals surface area contributed by atoms with Gasteiger partial charge in [-0.25, -0.2) is 9.97 Å². The average molecular weight is 305 g/mol. The molecule has 110 valence electrons. The second-order valence-electron chi connectivity index (χ2n) is 4.82. The van der Waals surface area contributed by atoms with E-state index in [4.69, 9.17) is 0 Å². The van der Waals surface area contributed by atoms with Crippen LogP contribution in [0.1, 0.15) is 29.8 Å². The lowest BCUT2D eigenvalue weighted by Gasteiger charge is -2.14. The Labute approximate surface area is 125 Å². The summed E-state index contributed by atoms with van der Waals surface area (Å²) < 4.78 is 0. The number of carbonyl (C=O) groups is 2. The highest BCUT2D eigenvalue weighted by Gasteiger charge is 2.20. The highest BCUT2D eigenvalue weighted by Crippen LogP contribution is 2.20. The summed E-state index contributed by atoms with van der Waals surface area (Å²) >= 11 is 1.37. The Morgan fingerprint density at radius 2 is 2.33 bits per heavy atom. The molecule has 3 rings (SSSR count). The SMILES string of the molecule is O=C1CCC(NC(=O)c2csc(-c3ncc[nH]3)n2)CCN1. The van der Waals surface area contributed by atoms with Gasteiger partial charge in [-0.1, -0.05) is 0 Å². The van der Waals surface area contributed by atoms with E-state index in [0.29, 0.717) is 35.9 Å². The maximum atomic E-state index is 12.2. The molecule has 0 bridgehead atoms. The molecule has 1 aliphatic rings. The van der Waals surface area contributed by atoms with E-state index in [0.717, 1.165) is 6.42 Å². The average Bonchev–Trinajstić information content (AvgIpc) is 3.11. The standard InChI is InChI=1S/C13H15N5O2S/c19-10-2-1-8(3-4-14-10)17-12(20)9-7-21-13(18-9)11-15-5-6-16-11/h5-8H,1-4H2,(H,14,19)(H,15,16)(H,17,20). The van der Waals surface area contributed by atoms with E-state index in [1.807, 2.05) is 0 Å². The summed E-state index contributed by atoms with van der Waals surface area (Å²) in [6.07, 6.45) is 5.21. The molecule has 1 atom stereocenters. The molecule has 7 nitrogen and oxygen atoms in total. The molecule has 3 N–H and O–H groups in total. The van der Waals surface area contributed by atoms with E-state index in [1.165, 1.54) is 11.3 Å². The minimum Gasteiger partial charge on any atom is -0.356 e. The zero-order chi connectivity index (χ0) is 14.7. The predicted molar refractivity (Wildman–Crippen MR) is 77.8 cm³/mol. The lowest BCUT2D eigenvalue weighted by atomic mass is 10.1. The Hall–Kier alpha value is -2.22. The molecule has 2 aromatic heterocycles. The Morgan fingerprint density at radius 1 is 1.43 bits per heavy atom. The molecule has 0 spiro atoms. The van der Waals surface area contributed by atoms with Crippen LogP contribution in [-0.4, -0.2) is 39.4 Å². The number of thiazole rings is 1. The van der Waals surface area contributed by atoms with E-state index in [9.17, 15) is 9.59 Å². The normalized spacial score (nSPS) is 18.9. The highest BCUT2D eigenvalue weighted by molar-refractivity contribution is 7.13. The van der Waals surface area contributed by atoms with E-state index in [2.05, 4.69) is 25.6 Å². The van der Waals surface area contributed by atoms with Gasteiger partial charge in [0.25, 0.3) is 5.91 Å². The fourth-order valence-electron chi connectivity index (χ4n) is 2.20. The fraction of sp³-hybridized carbons (Fsp3) is 0.385. The number of hydrogen-bond donors (Lipinski definition) is 3. The van der Waals surface area contributed by atoms with Crippen molar-refractivity contribution in [3.8, 4) is 10.8 Å². The third-order valence-corrected chi connectivity index (χ3v) is 4.16. The molecule has 21 heavy (non-hydrogen) atoms. The van der Waals surface area contributed by atoms with Crippen LogP contribution in [0.5, 0.6) is 0 Å². The van der Waals surface area contributed by atoms with Crippen molar-refractivity contribution in [3.05, 3.63) is 23.5 Å². The van der Waals surface area contributed by atoms with Gasteiger partial charge in [0.2, 0.25) is 5.91 Å². The van der Waals surface area contributed by atoms with Gasteiger partial charge in [-0.15, -0.1) is 11.3 Å². The van der Waals surface area contributed by atoms with Gasteiger partial charge in [-0.05, 0) is 12.8 Å². The van der Waals surface area contributed by atoms with Crippen molar-refractivity contribution in [1.29, 1.82) is 0 Å². The van der Waals surface area contributed by atoms with Gasteiger partial charge >= 0.3 is 0 Å². The minimum absolute atomic E-state index is 0.00483. The molecule has 8 heteroatoms. The Morgan fingerprint density at radius 3 is 3.14 bits per heavy atom. The van der Waals surface area contributed by atoms with Crippen LogP contribution in [0.25, 0.3) is 10.8 Å². The summed E-state index contributed by atoms with van der Waals surface area (Å²) in [5.74, 6) is 0.493. The third-order valence-electron chi connectivity index (χ3n) is 3.31. The number of nitrogens with zero attached hydrogens (tertiary/aromatic N) is 2. The van der Waals surface area contributed by atoms with Crippen molar-refractivity contribution < 1.29 is 9.59 Å². The van der Waals surface area contributed by atoms with Crippen molar-refractivity contribution in [2.75, 3.05) is 6.54 Å².